The first-order valence-electron chi connectivity index (χ1n) is 8.12. The molecule has 3 rings (SSSR count). The Morgan fingerprint density at radius 2 is 2.00 bits per heavy atom. The van der Waals surface area contributed by atoms with Crippen LogP contribution in [0, 0.1) is 21.7 Å². The van der Waals surface area contributed by atoms with E-state index in [-0.39, 0.29) is 35.3 Å². The van der Waals surface area contributed by atoms with E-state index in [1.165, 1.54) is 42.3 Å². The van der Waals surface area contributed by atoms with Crippen molar-refractivity contribution in [2.75, 3.05) is 12.4 Å². The maximum atomic E-state index is 13.6. The van der Waals surface area contributed by atoms with E-state index in [9.17, 15) is 23.7 Å². The minimum Gasteiger partial charge on any atom is -0.494 e. The van der Waals surface area contributed by atoms with E-state index >= 15 is 0 Å². The van der Waals surface area contributed by atoms with Crippen molar-refractivity contribution in [2.24, 2.45) is 0 Å². The zero-order valence-electron chi connectivity index (χ0n) is 15.0. The quantitative estimate of drug-likeness (QED) is 0.478. The number of nitro benzene ring substituents is 1. The van der Waals surface area contributed by atoms with Crippen molar-refractivity contribution in [3.63, 3.8) is 0 Å². The number of methoxy groups -OCH3 is 1. The summed E-state index contributed by atoms with van der Waals surface area (Å²) in [6.45, 7) is -0.212. The Bertz CT molecular complexity index is 1070. The number of nitro groups is 1. The number of anilines is 1. The van der Waals surface area contributed by atoms with Gasteiger partial charge in [0.2, 0.25) is 0 Å². The van der Waals surface area contributed by atoms with E-state index in [0.717, 1.165) is 12.1 Å². The molecule has 0 aliphatic rings. The lowest BCUT2D eigenvalue weighted by molar-refractivity contribution is -0.384. The van der Waals surface area contributed by atoms with Gasteiger partial charge in [0.15, 0.2) is 24.0 Å². The van der Waals surface area contributed by atoms with Gasteiger partial charge in [0, 0.05) is 18.3 Å². The fraction of sp³-hybridized carbons (Fsp3) is 0.111. The number of hydrogen-bond acceptors (Lipinski definition) is 6. The average Bonchev–Trinajstić information content (AvgIpc) is 3.16. The topological polar surface area (TPSA) is 109 Å². The number of hydrogen-bond donors (Lipinski definition) is 1. The lowest BCUT2D eigenvalue weighted by atomic mass is 10.2. The Labute approximate surface area is 162 Å². The van der Waals surface area contributed by atoms with Crippen LogP contribution >= 0.6 is 0 Å². The van der Waals surface area contributed by atoms with Crippen LogP contribution in [0.15, 0.2) is 48.7 Å². The molecule has 9 nitrogen and oxygen atoms in total. The van der Waals surface area contributed by atoms with Gasteiger partial charge >= 0.3 is 0 Å². The van der Waals surface area contributed by atoms with Crippen LogP contribution in [0.1, 0.15) is 10.5 Å². The molecule has 1 amide bonds. The average molecular weight is 404 g/mol. The number of rotatable bonds is 7. The minimum atomic E-state index is -0.861. The van der Waals surface area contributed by atoms with Gasteiger partial charge in [0.25, 0.3) is 11.6 Å². The molecule has 1 aromatic heterocycles. The number of non-ortho nitro benzene ring substituents is 1. The molecule has 1 heterocycles. The third-order valence-electron chi connectivity index (χ3n) is 3.76. The second-order valence-corrected chi connectivity index (χ2v) is 5.68. The highest BCUT2D eigenvalue weighted by atomic mass is 19.1. The lowest BCUT2D eigenvalue weighted by Crippen LogP contribution is -2.15. The largest absolute Gasteiger partial charge is 0.494 e. The molecule has 150 valence electrons. The Hall–Kier alpha value is -4.02. The van der Waals surface area contributed by atoms with Crippen molar-refractivity contribution >= 4 is 17.3 Å². The predicted octanol–water partition coefficient (Wildman–Crippen LogP) is 3.37. The molecular formula is C18H14F2N4O5. The van der Waals surface area contributed by atoms with Gasteiger partial charge < -0.3 is 14.8 Å². The molecule has 0 saturated heterocycles. The number of nitrogens with one attached hydrogen (secondary N) is 1. The zero-order valence-corrected chi connectivity index (χ0v) is 15.0. The predicted molar refractivity (Wildman–Crippen MR) is 96.8 cm³/mol. The van der Waals surface area contributed by atoms with Crippen LogP contribution < -0.4 is 14.8 Å². The molecule has 0 radical (unpaired) electrons. The standard InChI is InChI=1S/C18H14F2N4O5/c1-28-17-9-12(24(26)27)3-4-14(17)21-18(25)15-6-7-23(22-15)10-29-16-5-2-11(19)8-13(16)20/h2-9H,10H2,1H3,(H,21,25). The number of halogens is 2. The maximum Gasteiger partial charge on any atom is 0.276 e. The van der Waals surface area contributed by atoms with Gasteiger partial charge in [-0.25, -0.2) is 13.5 Å². The second kappa shape index (κ2) is 8.33. The van der Waals surface area contributed by atoms with Crippen molar-refractivity contribution in [1.82, 2.24) is 9.78 Å². The normalized spacial score (nSPS) is 10.4. The molecule has 0 spiro atoms. The fourth-order valence-electron chi connectivity index (χ4n) is 2.37. The van der Waals surface area contributed by atoms with Crippen molar-refractivity contribution < 1.29 is 28.0 Å². The number of ether oxygens (including phenoxy) is 2. The molecule has 1 N–H and O–H groups in total. The molecule has 0 aliphatic carbocycles. The molecule has 0 atom stereocenters. The van der Waals surface area contributed by atoms with E-state index < -0.39 is 22.5 Å². The Morgan fingerprint density at radius 3 is 2.69 bits per heavy atom. The van der Waals surface area contributed by atoms with Crippen molar-refractivity contribution in [3.05, 3.63) is 76.1 Å². The van der Waals surface area contributed by atoms with E-state index in [4.69, 9.17) is 9.47 Å². The molecule has 0 aliphatic heterocycles. The molecule has 0 unspecified atom stereocenters. The van der Waals surface area contributed by atoms with Crippen LogP contribution in [0.4, 0.5) is 20.2 Å². The van der Waals surface area contributed by atoms with Gasteiger partial charge in [-0.05, 0) is 24.3 Å². The third-order valence-corrected chi connectivity index (χ3v) is 3.76. The summed E-state index contributed by atoms with van der Waals surface area (Å²) < 4.78 is 38.0. The number of amides is 1. The van der Waals surface area contributed by atoms with E-state index in [0.29, 0.717) is 6.07 Å². The van der Waals surface area contributed by atoms with Crippen molar-refractivity contribution in [1.29, 1.82) is 0 Å². The van der Waals surface area contributed by atoms with Gasteiger partial charge in [-0.3, -0.25) is 14.9 Å². The molecular weight excluding hydrogens is 390 g/mol. The smallest absolute Gasteiger partial charge is 0.276 e. The molecule has 11 heteroatoms. The van der Waals surface area contributed by atoms with Crippen LogP contribution in [0.2, 0.25) is 0 Å². The Morgan fingerprint density at radius 1 is 1.21 bits per heavy atom. The summed E-state index contributed by atoms with van der Waals surface area (Å²) >= 11 is 0. The third kappa shape index (κ3) is 4.64. The van der Waals surface area contributed by atoms with Crippen LogP contribution in [-0.4, -0.2) is 27.7 Å². The van der Waals surface area contributed by atoms with Crippen LogP contribution in [-0.2, 0) is 6.73 Å². The van der Waals surface area contributed by atoms with Crippen molar-refractivity contribution in [2.45, 2.75) is 6.73 Å². The molecule has 3 aromatic rings. The molecule has 0 bridgehead atoms. The molecule has 0 saturated carbocycles. The highest BCUT2D eigenvalue weighted by Crippen LogP contribution is 2.29. The number of benzene rings is 2. The fourth-order valence-corrected chi connectivity index (χ4v) is 2.37. The van der Waals surface area contributed by atoms with E-state index in [1.807, 2.05) is 0 Å². The van der Waals surface area contributed by atoms with Gasteiger partial charge in [-0.2, -0.15) is 5.10 Å². The number of nitrogens with zero attached hydrogens (tertiary/aromatic N) is 3. The number of carbonyl (C=O) groups excluding carboxylic acids is 1. The first-order valence-corrected chi connectivity index (χ1v) is 8.12. The first kappa shape index (κ1) is 19.7. The van der Waals surface area contributed by atoms with Gasteiger partial charge in [0.1, 0.15) is 11.6 Å². The summed E-state index contributed by atoms with van der Waals surface area (Å²) in [7, 11) is 1.31. The van der Waals surface area contributed by atoms with Crippen molar-refractivity contribution in [3.8, 4) is 11.5 Å². The maximum absolute atomic E-state index is 13.6. The Balaban J connectivity index is 1.67. The second-order valence-electron chi connectivity index (χ2n) is 5.68. The van der Waals surface area contributed by atoms with Crippen LogP contribution in [0.3, 0.4) is 0 Å². The molecule has 2 aromatic carbocycles. The molecule has 0 fully saturated rings. The SMILES string of the molecule is COc1cc([N+](=O)[O-])ccc1NC(=O)c1ccn(COc2ccc(F)cc2F)n1. The highest BCUT2D eigenvalue weighted by Gasteiger charge is 2.16. The van der Waals surface area contributed by atoms with Gasteiger partial charge in [0.05, 0.1) is 23.8 Å². The minimum absolute atomic E-state index is 0.0218. The van der Waals surface area contributed by atoms with Crippen LogP contribution in [0.5, 0.6) is 11.5 Å². The summed E-state index contributed by atoms with van der Waals surface area (Å²) in [5.74, 6) is -2.23. The van der Waals surface area contributed by atoms with E-state index in [2.05, 4.69) is 10.4 Å². The highest BCUT2D eigenvalue weighted by molar-refractivity contribution is 6.03. The first-order chi connectivity index (χ1) is 13.9. The summed E-state index contributed by atoms with van der Waals surface area (Å²) in [4.78, 5) is 22.6. The van der Waals surface area contributed by atoms with Gasteiger partial charge in [-0.15, -0.1) is 0 Å². The number of aromatic nitrogens is 2. The molecule has 29 heavy (non-hydrogen) atoms. The Kier molecular flexibility index (Phi) is 5.67. The number of carbonyl (C=O) groups is 1. The van der Waals surface area contributed by atoms with Crippen LogP contribution in [0.25, 0.3) is 0 Å². The van der Waals surface area contributed by atoms with Gasteiger partial charge in [-0.1, -0.05) is 0 Å². The zero-order chi connectivity index (χ0) is 21.0. The van der Waals surface area contributed by atoms with E-state index in [1.54, 1.807) is 0 Å². The summed E-state index contributed by atoms with van der Waals surface area (Å²) in [6.07, 6.45) is 1.43. The summed E-state index contributed by atoms with van der Waals surface area (Å²) in [5.41, 5.74) is 0.0603. The summed E-state index contributed by atoms with van der Waals surface area (Å²) in [6, 6.07) is 8.03. The summed E-state index contributed by atoms with van der Waals surface area (Å²) in [5, 5.41) is 17.4. The monoisotopic (exact) mass is 404 g/mol. The lowest BCUT2D eigenvalue weighted by Gasteiger charge is -2.09.